The van der Waals surface area contributed by atoms with Gasteiger partial charge in [-0.05, 0) is 68.2 Å². The first-order chi connectivity index (χ1) is 17.4. The standard InChI is InChI=1S/C27H30N6O3/c1-2-20-24(35)33(27(32-20)9-5-3-4-6-10-27)16-22(34)30-21-12-17-13-26(14-18(17)15-29-21)19-8-7-11-28-23(19)31-25(26)36/h7-8,11-12,15H,2-6,9-10,13-14,16H2,1H3,(H,28,31,36)(H,29,30,34). The summed E-state index contributed by atoms with van der Waals surface area (Å²) in [5, 5.41) is 5.80. The first kappa shape index (κ1) is 22.8. The van der Waals surface area contributed by atoms with Crippen LogP contribution in [0, 0.1) is 0 Å². The number of rotatable bonds is 4. The van der Waals surface area contributed by atoms with E-state index in [2.05, 4.69) is 20.6 Å². The van der Waals surface area contributed by atoms with Crippen molar-refractivity contribution in [2.45, 2.75) is 75.8 Å². The summed E-state index contributed by atoms with van der Waals surface area (Å²) in [4.78, 5) is 54.5. The number of aliphatic imine (C=N–C) groups is 1. The lowest BCUT2D eigenvalue weighted by Crippen LogP contribution is -2.50. The number of pyridine rings is 2. The quantitative estimate of drug-likeness (QED) is 0.689. The van der Waals surface area contributed by atoms with Gasteiger partial charge in [0.2, 0.25) is 11.8 Å². The molecule has 2 aliphatic carbocycles. The fraction of sp³-hybridized carbons (Fsp3) is 0.481. The minimum Gasteiger partial charge on any atom is -0.310 e. The van der Waals surface area contributed by atoms with Gasteiger partial charge in [0.1, 0.15) is 29.6 Å². The fourth-order valence-electron chi connectivity index (χ4n) is 6.38. The predicted molar refractivity (Wildman–Crippen MR) is 135 cm³/mol. The summed E-state index contributed by atoms with van der Waals surface area (Å²) in [6.45, 7) is 1.89. The van der Waals surface area contributed by atoms with Crippen molar-refractivity contribution in [3.05, 3.63) is 47.3 Å². The molecule has 2 aliphatic heterocycles. The summed E-state index contributed by atoms with van der Waals surface area (Å²) in [5.41, 5.74) is 2.18. The highest BCUT2D eigenvalue weighted by molar-refractivity contribution is 6.40. The highest BCUT2D eigenvalue weighted by atomic mass is 16.2. The number of nitrogens with one attached hydrogen (secondary N) is 2. The third-order valence-electron chi connectivity index (χ3n) is 8.20. The van der Waals surface area contributed by atoms with Crippen LogP contribution >= 0.6 is 0 Å². The summed E-state index contributed by atoms with van der Waals surface area (Å²) < 4.78 is 0. The van der Waals surface area contributed by atoms with Crippen molar-refractivity contribution in [2.24, 2.45) is 4.99 Å². The predicted octanol–water partition coefficient (Wildman–Crippen LogP) is 3.15. The molecule has 0 saturated heterocycles. The Kier molecular flexibility index (Phi) is 5.39. The molecule has 0 radical (unpaired) electrons. The molecule has 36 heavy (non-hydrogen) atoms. The zero-order chi connectivity index (χ0) is 24.9. The zero-order valence-electron chi connectivity index (χ0n) is 20.5. The van der Waals surface area contributed by atoms with E-state index in [0.717, 1.165) is 55.2 Å². The van der Waals surface area contributed by atoms with Crippen LogP contribution in [0.15, 0.2) is 35.6 Å². The maximum absolute atomic E-state index is 13.1. The first-order valence-electron chi connectivity index (χ1n) is 12.9. The Balaban J connectivity index is 1.19. The second-order valence-corrected chi connectivity index (χ2v) is 10.4. The lowest BCUT2D eigenvalue weighted by atomic mass is 9.79. The largest absolute Gasteiger partial charge is 0.310 e. The summed E-state index contributed by atoms with van der Waals surface area (Å²) in [5.74, 6) is 0.587. The Morgan fingerprint density at radius 2 is 1.89 bits per heavy atom. The van der Waals surface area contributed by atoms with Gasteiger partial charge in [-0.2, -0.15) is 0 Å². The SMILES string of the molecule is CCC1=NC2(CCCCCC2)N(CC(=O)Nc2cc3c(cn2)CC2(C3)C(=O)Nc3ncccc32)C1=O. The third kappa shape index (κ3) is 3.51. The molecule has 0 aromatic carbocycles. The number of amides is 3. The maximum atomic E-state index is 13.1. The lowest BCUT2D eigenvalue weighted by Gasteiger charge is -2.35. The van der Waals surface area contributed by atoms with Crippen molar-refractivity contribution in [2.75, 3.05) is 17.2 Å². The van der Waals surface area contributed by atoms with Crippen molar-refractivity contribution in [3.63, 3.8) is 0 Å². The highest BCUT2D eigenvalue weighted by Crippen LogP contribution is 2.46. The van der Waals surface area contributed by atoms with Gasteiger partial charge in [0.25, 0.3) is 5.91 Å². The van der Waals surface area contributed by atoms with E-state index in [9.17, 15) is 14.4 Å². The molecule has 1 saturated carbocycles. The van der Waals surface area contributed by atoms with Crippen molar-refractivity contribution in [3.8, 4) is 0 Å². The molecule has 1 fully saturated rings. The minimum absolute atomic E-state index is 0.0456. The number of aromatic nitrogens is 2. The van der Waals surface area contributed by atoms with Gasteiger partial charge in [0.05, 0.1) is 5.41 Å². The van der Waals surface area contributed by atoms with Crippen LogP contribution in [0.5, 0.6) is 0 Å². The van der Waals surface area contributed by atoms with Crippen LogP contribution in [0.3, 0.4) is 0 Å². The van der Waals surface area contributed by atoms with E-state index < -0.39 is 11.1 Å². The van der Waals surface area contributed by atoms with Crippen LogP contribution in [0.25, 0.3) is 0 Å². The number of fused-ring (bicyclic) bond motifs is 3. The average molecular weight is 487 g/mol. The molecule has 1 atom stereocenters. The second kappa shape index (κ2) is 8.50. The molecule has 9 nitrogen and oxygen atoms in total. The molecule has 2 spiro atoms. The van der Waals surface area contributed by atoms with Crippen LogP contribution in [-0.2, 0) is 32.6 Å². The smallest absolute Gasteiger partial charge is 0.270 e. The molecule has 1 unspecified atom stereocenters. The van der Waals surface area contributed by atoms with Gasteiger partial charge in [0.15, 0.2) is 0 Å². The number of carbonyl (C=O) groups excluding carboxylic acids is 3. The molecule has 0 bridgehead atoms. The van der Waals surface area contributed by atoms with E-state index in [1.54, 1.807) is 17.3 Å². The van der Waals surface area contributed by atoms with Crippen LogP contribution < -0.4 is 10.6 Å². The first-order valence-corrected chi connectivity index (χ1v) is 12.9. The molecule has 186 valence electrons. The molecule has 2 N–H and O–H groups in total. The van der Waals surface area contributed by atoms with Gasteiger partial charge in [-0.3, -0.25) is 19.4 Å². The molecular formula is C27H30N6O3. The number of carbonyl (C=O) groups is 3. The number of hydrogen-bond acceptors (Lipinski definition) is 6. The van der Waals surface area contributed by atoms with E-state index in [4.69, 9.17) is 4.99 Å². The van der Waals surface area contributed by atoms with Crippen molar-refractivity contribution in [1.29, 1.82) is 0 Å². The van der Waals surface area contributed by atoms with E-state index >= 15 is 0 Å². The van der Waals surface area contributed by atoms with Gasteiger partial charge >= 0.3 is 0 Å². The number of anilines is 2. The van der Waals surface area contributed by atoms with Crippen molar-refractivity contribution in [1.82, 2.24) is 14.9 Å². The number of hydrogen-bond donors (Lipinski definition) is 2. The molecule has 3 amide bonds. The normalized spacial score (nSPS) is 23.9. The summed E-state index contributed by atoms with van der Waals surface area (Å²) in [6, 6.07) is 5.65. The summed E-state index contributed by atoms with van der Waals surface area (Å²) in [7, 11) is 0. The minimum atomic E-state index is -0.683. The van der Waals surface area contributed by atoms with Crippen LogP contribution in [-0.4, -0.2) is 50.5 Å². The number of nitrogens with zero attached hydrogens (tertiary/aromatic N) is 4. The van der Waals surface area contributed by atoms with Crippen molar-refractivity contribution >= 4 is 35.1 Å². The van der Waals surface area contributed by atoms with Crippen LogP contribution in [0.1, 0.15) is 68.6 Å². The fourth-order valence-corrected chi connectivity index (χ4v) is 6.38. The van der Waals surface area contributed by atoms with E-state index in [-0.39, 0.29) is 24.3 Å². The Bertz CT molecular complexity index is 1300. The molecule has 9 heteroatoms. The van der Waals surface area contributed by atoms with Gasteiger partial charge in [0, 0.05) is 18.0 Å². The molecule has 4 heterocycles. The van der Waals surface area contributed by atoms with Gasteiger partial charge in [-0.25, -0.2) is 9.97 Å². The average Bonchev–Trinajstić information content (AvgIpc) is 3.38. The Labute approximate surface area is 209 Å². The Morgan fingerprint density at radius 1 is 1.11 bits per heavy atom. The topological polar surface area (TPSA) is 117 Å². The van der Waals surface area contributed by atoms with E-state index in [1.807, 2.05) is 25.1 Å². The molecule has 4 aliphatic rings. The van der Waals surface area contributed by atoms with Crippen LogP contribution in [0.2, 0.25) is 0 Å². The van der Waals surface area contributed by atoms with E-state index in [0.29, 0.717) is 36.6 Å². The molecule has 2 aromatic rings. The van der Waals surface area contributed by atoms with Gasteiger partial charge in [-0.15, -0.1) is 0 Å². The second-order valence-electron chi connectivity index (χ2n) is 10.4. The van der Waals surface area contributed by atoms with Crippen molar-refractivity contribution < 1.29 is 14.4 Å². The Morgan fingerprint density at radius 3 is 2.67 bits per heavy atom. The summed E-state index contributed by atoms with van der Waals surface area (Å²) in [6.07, 6.45) is 10.9. The highest BCUT2D eigenvalue weighted by Gasteiger charge is 2.51. The molecule has 6 rings (SSSR count). The van der Waals surface area contributed by atoms with E-state index in [1.165, 1.54) is 0 Å². The third-order valence-corrected chi connectivity index (χ3v) is 8.20. The monoisotopic (exact) mass is 486 g/mol. The zero-order valence-corrected chi connectivity index (χ0v) is 20.5. The maximum Gasteiger partial charge on any atom is 0.270 e. The molecule has 2 aromatic heterocycles. The molecular weight excluding hydrogens is 456 g/mol. The van der Waals surface area contributed by atoms with Crippen LogP contribution in [0.4, 0.5) is 11.6 Å². The summed E-state index contributed by atoms with van der Waals surface area (Å²) >= 11 is 0. The Hall–Kier alpha value is -3.62. The lowest BCUT2D eigenvalue weighted by molar-refractivity contribution is -0.133. The van der Waals surface area contributed by atoms with Gasteiger partial charge in [-0.1, -0.05) is 25.8 Å². The van der Waals surface area contributed by atoms with Gasteiger partial charge < -0.3 is 15.5 Å².